The summed E-state index contributed by atoms with van der Waals surface area (Å²) >= 11 is 0. The van der Waals surface area contributed by atoms with E-state index in [9.17, 15) is 0 Å². The van der Waals surface area contributed by atoms with Crippen molar-refractivity contribution >= 4 is 5.96 Å². The van der Waals surface area contributed by atoms with Gasteiger partial charge in [0.05, 0.1) is 13.7 Å². The molecule has 1 aromatic rings. The Hall–Kier alpha value is -1.79. The minimum absolute atomic E-state index is 0.648. The zero-order chi connectivity index (χ0) is 19.3. The third-order valence-electron chi connectivity index (χ3n) is 4.82. The molecular weight excluding hydrogens is 340 g/mol. The molecule has 1 aromatic carbocycles. The molecule has 0 spiro atoms. The van der Waals surface area contributed by atoms with Crippen LogP contribution in [0.1, 0.15) is 31.7 Å². The van der Waals surface area contributed by atoms with Crippen molar-refractivity contribution in [1.29, 1.82) is 0 Å². The smallest absolute Gasteiger partial charge is 0.191 e. The largest absolute Gasteiger partial charge is 0.497 e. The number of ether oxygens (including phenoxy) is 2. The van der Waals surface area contributed by atoms with Crippen LogP contribution in [-0.4, -0.2) is 64.4 Å². The van der Waals surface area contributed by atoms with Gasteiger partial charge in [-0.25, -0.2) is 4.99 Å². The first-order valence-corrected chi connectivity index (χ1v) is 10.1. The Labute approximate surface area is 164 Å². The molecule has 1 atom stereocenters. The maximum atomic E-state index is 5.42. The lowest BCUT2D eigenvalue weighted by Crippen LogP contribution is -2.44. The van der Waals surface area contributed by atoms with Crippen LogP contribution in [0.4, 0.5) is 0 Å². The summed E-state index contributed by atoms with van der Waals surface area (Å²) in [4.78, 5) is 7.19. The molecule has 1 saturated heterocycles. The monoisotopic (exact) mass is 376 g/mol. The Morgan fingerprint density at radius 3 is 2.78 bits per heavy atom. The van der Waals surface area contributed by atoms with Crippen LogP contribution in [0.15, 0.2) is 29.3 Å². The van der Waals surface area contributed by atoms with Crippen molar-refractivity contribution in [2.24, 2.45) is 10.9 Å². The maximum absolute atomic E-state index is 5.42. The van der Waals surface area contributed by atoms with E-state index in [1.165, 1.54) is 24.9 Å². The first-order valence-electron chi connectivity index (χ1n) is 10.1. The summed E-state index contributed by atoms with van der Waals surface area (Å²) in [5.74, 6) is 2.44. The maximum Gasteiger partial charge on any atom is 0.191 e. The molecule has 0 bridgehead atoms. The SMILES string of the molecule is CCOCCCNC(=NCc1ccc(OC)cc1)NCC1CCCN(C)C1. The van der Waals surface area contributed by atoms with E-state index in [2.05, 4.69) is 34.7 Å². The summed E-state index contributed by atoms with van der Waals surface area (Å²) in [6, 6.07) is 8.08. The zero-order valence-corrected chi connectivity index (χ0v) is 17.2. The first-order chi connectivity index (χ1) is 13.2. The molecule has 6 heteroatoms. The summed E-state index contributed by atoms with van der Waals surface area (Å²) in [6.07, 6.45) is 3.54. The minimum Gasteiger partial charge on any atom is -0.497 e. The number of nitrogens with zero attached hydrogens (tertiary/aromatic N) is 2. The molecule has 1 heterocycles. The molecule has 0 aliphatic carbocycles. The zero-order valence-electron chi connectivity index (χ0n) is 17.2. The van der Waals surface area contributed by atoms with E-state index in [0.717, 1.165) is 51.0 Å². The minimum atomic E-state index is 0.648. The Kier molecular flexibility index (Phi) is 10.0. The van der Waals surface area contributed by atoms with Gasteiger partial charge in [-0.1, -0.05) is 12.1 Å². The van der Waals surface area contributed by atoms with Gasteiger partial charge in [-0.3, -0.25) is 0 Å². The van der Waals surface area contributed by atoms with Gasteiger partial charge in [0.25, 0.3) is 0 Å². The number of benzene rings is 1. The third-order valence-corrected chi connectivity index (χ3v) is 4.82. The molecule has 152 valence electrons. The fourth-order valence-electron chi connectivity index (χ4n) is 3.28. The number of hydrogen-bond acceptors (Lipinski definition) is 4. The summed E-state index contributed by atoms with van der Waals surface area (Å²) < 4.78 is 10.6. The number of aliphatic imine (C=N–C) groups is 1. The van der Waals surface area contributed by atoms with Crippen molar-refractivity contribution in [2.45, 2.75) is 32.7 Å². The number of piperidine rings is 1. The van der Waals surface area contributed by atoms with E-state index in [1.54, 1.807) is 7.11 Å². The summed E-state index contributed by atoms with van der Waals surface area (Å²) in [5.41, 5.74) is 1.17. The van der Waals surface area contributed by atoms with Gasteiger partial charge in [-0.15, -0.1) is 0 Å². The molecule has 0 radical (unpaired) electrons. The van der Waals surface area contributed by atoms with Crippen molar-refractivity contribution in [3.8, 4) is 5.75 Å². The lowest BCUT2D eigenvalue weighted by atomic mass is 9.99. The average Bonchev–Trinajstić information content (AvgIpc) is 2.69. The Bertz CT molecular complexity index is 548. The molecule has 0 saturated carbocycles. The highest BCUT2D eigenvalue weighted by Crippen LogP contribution is 2.14. The molecule has 1 fully saturated rings. The van der Waals surface area contributed by atoms with Gasteiger partial charge in [0.2, 0.25) is 0 Å². The topological polar surface area (TPSA) is 58.1 Å². The molecule has 1 aliphatic heterocycles. The highest BCUT2D eigenvalue weighted by Gasteiger charge is 2.17. The Morgan fingerprint density at radius 2 is 2.07 bits per heavy atom. The van der Waals surface area contributed by atoms with E-state index >= 15 is 0 Å². The van der Waals surface area contributed by atoms with E-state index in [-0.39, 0.29) is 0 Å². The molecule has 0 amide bonds. The van der Waals surface area contributed by atoms with Crippen molar-refractivity contribution in [3.63, 3.8) is 0 Å². The summed E-state index contributed by atoms with van der Waals surface area (Å²) in [5, 5.41) is 6.98. The predicted molar refractivity (Wildman–Crippen MR) is 111 cm³/mol. The molecular formula is C21H36N4O2. The first kappa shape index (κ1) is 21.5. The fourth-order valence-corrected chi connectivity index (χ4v) is 3.28. The quantitative estimate of drug-likeness (QED) is 0.373. The van der Waals surface area contributed by atoms with Crippen LogP contribution in [0.5, 0.6) is 5.75 Å². The van der Waals surface area contributed by atoms with Crippen LogP contribution in [0.2, 0.25) is 0 Å². The van der Waals surface area contributed by atoms with Crippen molar-refractivity contribution in [1.82, 2.24) is 15.5 Å². The van der Waals surface area contributed by atoms with Gasteiger partial charge in [0, 0.05) is 32.8 Å². The fraction of sp³-hybridized carbons (Fsp3) is 0.667. The normalized spacial score (nSPS) is 18.3. The number of methoxy groups -OCH3 is 1. The third kappa shape index (κ3) is 8.63. The van der Waals surface area contributed by atoms with Crippen LogP contribution in [0.25, 0.3) is 0 Å². The van der Waals surface area contributed by atoms with Crippen LogP contribution in [0, 0.1) is 5.92 Å². The lowest BCUT2D eigenvalue weighted by molar-refractivity contribution is 0.145. The number of rotatable bonds is 10. The molecule has 1 unspecified atom stereocenters. The highest BCUT2D eigenvalue weighted by atomic mass is 16.5. The number of hydrogen-bond donors (Lipinski definition) is 2. The van der Waals surface area contributed by atoms with Gasteiger partial charge in [-0.05, 0) is 63.4 Å². The van der Waals surface area contributed by atoms with Crippen LogP contribution in [-0.2, 0) is 11.3 Å². The van der Waals surface area contributed by atoms with Crippen molar-refractivity contribution in [3.05, 3.63) is 29.8 Å². The van der Waals surface area contributed by atoms with Gasteiger partial charge in [0.1, 0.15) is 5.75 Å². The Balaban J connectivity index is 1.86. The molecule has 6 nitrogen and oxygen atoms in total. The summed E-state index contributed by atoms with van der Waals surface area (Å²) in [7, 11) is 3.89. The number of likely N-dealkylation sites (tertiary alicyclic amines) is 1. The number of guanidine groups is 1. The van der Waals surface area contributed by atoms with Crippen LogP contribution >= 0.6 is 0 Å². The van der Waals surface area contributed by atoms with Gasteiger partial charge in [0.15, 0.2) is 5.96 Å². The molecule has 2 rings (SSSR count). The standard InChI is InChI=1S/C21H36N4O2/c1-4-27-14-6-12-22-21(24-16-19-7-5-13-25(2)17-19)23-15-18-8-10-20(26-3)11-9-18/h8-11,19H,4-7,12-17H2,1-3H3,(H2,22,23,24). The average molecular weight is 377 g/mol. The summed E-state index contributed by atoms with van der Waals surface area (Å²) in [6.45, 7) is 8.42. The number of nitrogens with one attached hydrogen (secondary N) is 2. The van der Waals surface area contributed by atoms with Gasteiger partial charge < -0.3 is 25.0 Å². The lowest BCUT2D eigenvalue weighted by Gasteiger charge is -2.30. The predicted octanol–water partition coefficient (Wildman–Crippen LogP) is 2.50. The second-order valence-corrected chi connectivity index (χ2v) is 7.14. The molecule has 0 aromatic heterocycles. The van der Waals surface area contributed by atoms with Crippen LogP contribution < -0.4 is 15.4 Å². The highest BCUT2D eigenvalue weighted by molar-refractivity contribution is 5.79. The van der Waals surface area contributed by atoms with E-state index in [4.69, 9.17) is 14.5 Å². The molecule has 27 heavy (non-hydrogen) atoms. The van der Waals surface area contributed by atoms with Crippen molar-refractivity contribution < 1.29 is 9.47 Å². The molecule has 2 N–H and O–H groups in total. The van der Waals surface area contributed by atoms with E-state index < -0.39 is 0 Å². The second kappa shape index (κ2) is 12.6. The molecule has 1 aliphatic rings. The van der Waals surface area contributed by atoms with Gasteiger partial charge in [-0.2, -0.15) is 0 Å². The van der Waals surface area contributed by atoms with E-state index in [0.29, 0.717) is 12.5 Å². The van der Waals surface area contributed by atoms with Crippen LogP contribution in [0.3, 0.4) is 0 Å². The van der Waals surface area contributed by atoms with E-state index in [1.807, 2.05) is 19.1 Å². The van der Waals surface area contributed by atoms with Crippen molar-refractivity contribution in [2.75, 3.05) is 53.6 Å². The Morgan fingerprint density at radius 1 is 1.26 bits per heavy atom. The second-order valence-electron chi connectivity index (χ2n) is 7.14. The van der Waals surface area contributed by atoms with Gasteiger partial charge >= 0.3 is 0 Å².